The van der Waals surface area contributed by atoms with Gasteiger partial charge in [0.1, 0.15) is 9.88 Å². The van der Waals surface area contributed by atoms with Crippen LogP contribution in [-0.2, 0) is 4.79 Å². The lowest BCUT2D eigenvalue weighted by molar-refractivity contribution is -0.139. The summed E-state index contributed by atoms with van der Waals surface area (Å²) in [5, 5.41) is 11.9. The van der Waals surface area contributed by atoms with E-state index >= 15 is 0 Å². The number of aryl methyl sites for hydroxylation is 1. The number of carbonyl (C=O) groups is 2. The molecule has 0 unspecified atom stereocenters. The molecule has 2 aromatic heterocycles. The average molecular weight is 394 g/mol. The van der Waals surface area contributed by atoms with Crippen molar-refractivity contribution in [2.45, 2.75) is 32.7 Å². The fourth-order valence-corrected chi connectivity index (χ4v) is 5.18. The molecule has 0 aliphatic carbocycles. The molecule has 1 fully saturated rings. The van der Waals surface area contributed by atoms with Gasteiger partial charge in [0.15, 0.2) is 0 Å². The smallest absolute Gasteiger partial charge is 0.317 e. The SMILES string of the molecule is CCN(CC(=O)O)C1CCN(C(=O)c2sc(-c3cccs3)nc2C)CC1. The lowest BCUT2D eigenvalue weighted by Crippen LogP contribution is -2.48. The van der Waals surface area contributed by atoms with Gasteiger partial charge in [-0.3, -0.25) is 14.5 Å². The van der Waals surface area contributed by atoms with Crippen LogP contribution in [-0.4, -0.2) is 64.0 Å². The molecule has 0 saturated carbocycles. The van der Waals surface area contributed by atoms with Crippen molar-refractivity contribution < 1.29 is 14.7 Å². The van der Waals surface area contributed by atoms with Crippen molar-refractivity contribution in [1.29, 1.82) is 0 Å². The van der Waals surface area contributed by atoms with Crippen LogP contribution in [0.2, 0.25) is 0 Å². The molecule has 0 bridgehead atoms. The number of hydrogen-bond acceptors (Lipinski definition) is 6. The first-order chi connectivity index (χ1) is 12.5. The molecular formula is C18H23N3O3S2. The largest absolute Gasteiger partial charge is 0.480 e. The summed E-state index contributed by atoms with van der Waals surface area (Å²) in [6, 6.07) is 4.23. The van der Waals surface area contributed by atoms with Crippen LogP contribution in [0.3, 0.4) is 0 Å². The number of thiophene rings is 1. The highest BCUT2D eigenvalue weighted by Gasteiger charge is 2.29. The zero-order valence-corrected chi connectivity index (χ0v) is 16.6. The summed E-state index contributed by atoms with van der Waals surface area (Å²) in [6.45, 7) is 5.96. The Balaban J connectivity index is 1.65. The molecule has 1 amide bonds. The second kappa shape index (κ2) is 8.28. The van der Waals surface area contributed by atoms with Crippen molar-refractivity contribution in [3.63, 3.8) is 0 Å². The monoisotopic (exact) mass is 393 g/mol. The molecule has 6 nitrogen and oxygen atoms in total. The predicted molar refractivity (Wildman–Crippen MR) is 104 cm³/mol. The first-order valence-electron chi connectivity index (χ1n) is 8.76. The number of aliphatic carboxylic acids is 1. The van der Waals surface area contributed by atoms with Crippen molar-refractivity contribution >= 4 is 34.6 Å². The predicted octanol–water partition coefficient (Wildman–Crippen LogP) is 3.19. The van der Waals surface area contributed by atoms with E-state index < -0.39 is 5.97 Å². The van der Waals surface area contributed by atoms with Gasteiger partial charge in [-0.05, 0) is 37.8 Å². The van der Waals surface area contributed by atoms with Gasteiger partial charge in [0.2, 0.25) is 0 Å². The van der Waals surface area contributed by atoms with E-state index in [-0.39, 0.29) is 18.5 Å². The molecule has 2 aromatic rings. The highest BCUT2D eigenvalue weighted by Crippen LogP contribution is 2.32. The minimum atomic E-state index is -0.799. The fourth-order valence-electron chi connectivity index (χ4n) is 3.35. The van der Waals surface area contributed by atoms with E-state index in [0.29, 0.717) is 24.5 Å². The molecule has 0 aromatic carbocycles. The molecule has 8 heteroatoms. The average Bonchev–Trinajstić information content (AvgIpc) is 3.28. The highest BCUT2D eigenvalue weighted by molar-refractivity contribution is 7.22. The summed E-state index contributed by atoms with van der Waals surface area (Å²) in [7, 11) is 0. The standard InChI is InChI=1S/C18H23N3O3S2/c1-3-20(11-15(22)23)13-6-8-21(9-7-13)18(24)16-12(2)19-17(26-16)14-5-4-10-25-14/h4-5,10,13H,3,6-9,11H2,1-2H3,(H,22,23). The third kappa shape index (κ3) is 4.13. The molecule has 1 N–H and O–H groups in total. The number of likely N-dealkylation sites (tertiary alicyclic amines) is 1. The second-order valence-corrected chi connectivity index (χ2v) is 8.34. The van der Waals surface area contributed by atoms with E-state index in [9.17, 15) is 9.59 Å². The maximum atomic E-state index is 12.9. The Morgan fingerprint density at radius 3 is 2.69 bits per heavy atom. The Hall–Kier alpha value is -1.77. The molecule has 3 heterocycles. The Morgan fingerprint density at radius 2 is 2.12 bits per heavy atom. The Bertz CT molecular complexity index is 765. The number of carbonyl (C=O) groups excluding carboxylic acids is 1. The third-order valence-electron chi connectivity index (χ3n) is 4.74. The van der Waals surface area contributed by atoms with E-state index in [1.165, 1.54) is 11.3 Å². The zero-order valence-electron chi connectivity index (χ0n) is 15.0. The molecule has 0 radical (unpaired) electrons. The van der Waals surface area contributed by atoms with Gasteiger partial charge >= 0.3 is 5.97 Å². The first kappa shape index (κ1) is 19.0. The lowest BCUT2D eigenvalue weighted by atomic mass is 10.0. The Labute approximate surface area is 161 Å². The number of piperidine rings is 1. The summed E-state index contributed by atoms with van der Waals surface area (Å²) in [6.07, 6.45) is 1.62. The second-order valence-electron chi connectivity index (χ2n) is 6.39. The van der Waals surface area contributed by atoms with Gasteiger partial charge in [-0.15, -0.1) is 22.7 Å². The van der Waals surface area contributed by atoms with Crippen LogP contribution >= 0.6 is 22.7 Å². The van der Waals surface area contributed by atoms with E-state index in [4.69, 9.17) is 5.11 Å². The normalized spacial score (nSPS) is 15.6. The molecule has 3 rings (SSSR count). The van der Waals surface area contributed by atoms with Gasteiger partial charge in [0.25, 0.3) is 5.91 Å². The van der Waals surface area contributed by atoms with Crippen LogP contribution in [0.5, 0.6) is 0 Å². The van der Waals surface area contributed by atoms with Gasteiger partial charge in [0, 0.05) is 19.1 Å². The van der Waals surface area contributed by atoms with E-state index in [1.807, 2.05) is 41.2 Å². The Morgan fingerprint density at radius 1 is 1.38 bits per heavy atom. The molecule has 0 atom stereocenters. The van der Waals surface area contributed by atoms with Crippen LogP contribution in [0.25, 0.3) is 9.88 Å². The van der Waals surface area contributed by atoms with Crippen LogP contribution in [0, 0.1) is 6.92 Å². The number of carboxylic acids is 1. The van der Waals surface area contributed by atoms with Crippen molar-refractivity contribution in [2.75, 3.05) is 26.2 Å². The van der Waals surface area contributed by atoms with Gasteiger partial charge in [-0.2, -0.15) is 0 Å². The number of amides is 1. The van der Waals surface area contributed by atoms with Crippen molar-refractivity contribution in [2.24, 2.45) is 0 Å². The lowest BCUT2D eigenvalue weighted by Gasteiger charge is -2.37. The summed E-state index contributed by atoms with van der Waals surface area (Å²) < 4.78 is 0. The minimum Gasteiger partial charge on any atom is -0.480 e. The summed E-state index contributed by atoms with van der Waals surface area (Å²) >= 11 is 3.08. The fraction of sp³-hybridized carbons (Fsp3) is 0.500. The number of thiazole rings is 1. The van der Waals surface area contributed by atoms with E-state index in [0.717, 1.165) is 28.4 Å². The van der Waals surface area contributed by atoms with Gasteiger partial charge < -0.3 is 10.0 Å². The topological polar surface area (TPSA) is 73.7 Å². The molecule has 0 spiro atoms. The van der Waals surface area contributed by atoms with Gasteiger partial charge in [0.05, 0.1) is 17.1 Å². The number of hydrogen-bond donors (Lipinski definition) is 1. The number of nitrogens with zero attached hydrogens (tertiary/aromatic N) is 3. The maximum Gasteiger partial charge on any atom is 0.317 e. The summed E-state index contributed by atoms with van der Waals surface area (Å²) in [4.78, 5) is 34.1. The number of aromatic nitrogens is 1. The summed E-state index contributed by atoms with van der Waals surface area (Å²) in [5.41, 5.74) is 0.784. The first-order valence-corrected chi connectivity index (χ1v) is 10.5. The minimum absolute atomic E-state index is 0.0440. The van der Waals surface area contributed by atoms with E-state index in [2.05, 4.69) is 4.98 Å². The van der Waals surface area contributed by atoms with Crippen LogP contribution in [0.4, 0.5) is 0 Å². The molecule has 1 aliphatic rings. The molecular weight excluding hydrogens is 370 g/mol. The number of rotatable bonds is 6. The van der Waals surface area contributed by atoms with Crippen molar-refractivity contribution in [1.82, 2.24) is 14.8 Å². The van der Waals surface area contributed by atoms with Crippen LogP contribution < -0.4 is 0 Å². The Kier molecular flexibility index (Phi) is 6.05. The quantitative estimate of drug-likeness (QED) is 0.816. The van der Waals surface area contributed by atoms with Crippen molar-refractivity contribution in [3.8, 4) is 9.88 Å². The molecule has 1 aliphatic heterocycles. The number of carboxylic acid groups (broad SMARTS) is 1. The van der Waals surface area contributed by atoms with Crippen molar-refractivity contribution in [3.05, 3.63) is 28.1 Å². The van der Waals surface area contributed by atoms with Gasteiger partial charge in [-0.25, -0.2) is 4.98 Å². The highest BCUT2D eigenvalue weighted by atomic mass is 32.1. The van der Waals surface area contributed by atoms with Crippen LogP contribution in [0.1, 0.15) is 35.1 Å². The van der Waals surface area contributed by atoms with E-state index in [1.54, 1.807) is 11.3 Å². The zero-order chi connectivity index (χ0) is 18.7. The van der Waals surface area contributed by atoms with Crippen LogP contribution in [0.15, 0.2) is 17.5 Å². The number of likely N-dealkylation sites (N-methyl/N-ethyl adjacent to an activating group) is 1. The molecule has 26 heavy (non-hydrogen) atoms. The van der Waals surface area contributed by atoms with Gasteiger partial charge in [-0.1, -0.05) is 13.0 Å². The third-order valence-corrected chi connectivity index (χ3v) is 6.92. The summed E-state index contributed by atoms with van der Waals surface area (Å²) in [5.74, 6) is -0.755. The molecule has 140 valence electrons. The maximum absolute atomic E-state index is 12.9. The molecule has 1 saturated heterocycles.